The first-order valence-electron chi connectivity index (χ1n) is 14.2. The number of carbonyl (C=O) groups excluding carboxylic acids is 2. The molecule has 1 N–H and O–H groups in total. The smallest absolute Gasteiger partial charge is 0.407 e. The van der Waals surface area contributed by atoms with E-state index in [0.717, 1.165) is 32.1 Å². The second-order valence-corrected chi connectivity index (χ2v) is 9.61. The van der Waals surface area contributed by atoms with Crippen LogP contribution in [0.5, 0.6) is 0 Å². The predicted octanol–water partition coefficient (Wildman–Crippen LogP) is 8.34. The average molecular weight is 470 g/mol. The highest BCUT2D eigenvalue weighted by Crippen LogP contribution is 2.14. The fourth-order valence-corrected chi connectivity index (χ4v) is 3.88. The number of rotatable bonds is 23. The zero-order valence-electron chi connectivity index (χ0n) is 22.4. The fraction of sp³-hybridized carbons (Fsp3) is 0.929. The van der Waals surface area contributed by atoms with E-state index in [1.807, 2.05) is 20.8 Å². The molecule has 2 unspecified atom stereocenters. The molecule has 196 valence electrons. The van der Waals surface area contributed by atoms with E-state index in [2.05, 4.69) is 12.2 Å². The fourth-order valence-electron chi connectivity index (χ4n) is 3.88. The Labute approximate surface area is 205 Å². The summed E-state index contributed by atoms with van der Waals surface area (Å²) >= 11 is 0. The molecule has 33 heavy (non-hydrogen) atoms. The quantitative estimate of drug-likeness (QED) is 0.121. The highest BCUT2D eigenvalue weighted by molar-refractivity contribution is 5.81. The van der Waals surface area contributed by atoms with E-state index < -0.39 is 12.1 Å². The van der Waals surface area contributed by atoms with Gasteiger partial charge >= 0.3 is 12.1 Å². The number of amides is 1. The van der Waals surface area contributed by atoms with Crippen molar-refractivity contribution in [3.63, 3.8) is 0 Å². The average Bonchev–Trinajstić information content (AvgIpc) is 2.81. The minimum Gasteiger partial charge on any atom is -0.464 e. The van der Waals surface area contributed by atoms with E-state index in [1.54, 1.807) is 0 Å². The number of hydrogen-bond acceptors (Lipinski definition) is 4. The summed E-state index contributed by atoms with van der Waals surface area (Å²) in [4.78, 5) is 24.4. The van der Waals surface area contributed by atoms with Gasteiger partial charge in [0.15, 0.2) is 0 Å². The number of nitrogens with one attached hydrogen (secondary N) is 1. The van der Waals surface area contributed by atoms with Gasteiger partial charge in [0.05, 0.1) is 13.2 Å². The van der Waals surface area contributed by atoms with Gasteiger partial charge in [-0.05, 0) is 18.8 Å². The molecule has 0 bridgehead atoms. The van der Waals surface area contributed by atoms with Crippen molar-refractivity contribution in [3.05, 3.63) is 0 Å². The molecule has 0 aliphatic heterocycles. The summed E-state index contributed by atoms with van der Waals surface area (Å²) in [6, 6.07) is -0.638. The third-order valence-electron chi connectivity index (χ3n) is 6.46. The van der Waals surface area contributed by atoms with Crippen LogP contribution in [-0.4, -0.2) is 31.3 Å². The van der Waals surface area contributed by atoms with E-state index in [4.69, 9.17) is 9.47 Å². The summed E-state index contributed by atoms with van der Waals surface area (Å²) in [6.45, 7) is 9.07. The standard InChI is InChI=1S/C28H55NO4/c1-5-8-10-11-12-13-14-15-16-17-18-19-20-21-22-24-32-27(30)26(25(4)7-3)29-28(31)33-23-9-6-2/h25-26H,5-24H2,1-4H3,(H,29,31). The molecule has 0 saturated carbocycles. The summed E-state index contributed by atoms with van der Waals surface area (Å²) < 4.78 is 10.6. The maximum absolute atomic E-state index is 12.5. The number of esters is 1. The Bertz CT molecular complexity index is 455. The van der Waals surface area contributed by atoms with Crippen molar-refractivity contribution >= 4 is 12.1 Å². The van der Waals surface area contributed by atoms with Gasteiger partial charge in [-0.2, -0.15) is 0 Å². The largest absolute Gasteiger partial charge is 0.464 e. The summed E-state index contributed by atoms with van der Waals surface area (Å²) in [7, 11) is 0. The molecule has 0 aromatic heterocycles. The maximum atomic E-state index is 12.5. The van der Waals surface area contributed by atoms with Crippen molar-refractivity contribution in [1.82, 2.24) is 5.32 Å². The van der Waals surface area contributed by atoms with E-state index in [9.17, 15) is 9.59 Å². The second kappa shape index (κ2) is 23.9. The molecule has 0 rings (SSSR count). The topological polar surface area (TPSA) is 64.6 Å². The normalized spacial score (nSPS) is 12.8. The van der Waals surface area contributed by atoms with Crippen LogP contribution in [0.3, 0.4) is 0 Å². The summed E-state index contributed by atoms with van der Waals surface area (Å²) in [5.41, 5.74) is 0. The van der Waals surface area contributed by atoms with Gasteiger partial charge in [0.1, 0.15) is 6.04 Å². The molecular weight excluding hydrogens is 414 g/mol. The Hall–Kier alpha value is -1.26. The maximum Gasteiger partial charge on any atom is 0.407 e. The Morgan fingerprint density at radius 3 is 1.48 bits per heavy atom. The first kappa shape index (κ1) is 31.7. The monoisotopic (exact) mass is 469 g/mol. The molecule has 5 nitrogen and oxygen atoms in total. The Kier molecular flexibility index (Phi) is 23.0. The van der Waals surface area contributed by atoms with E-state index in [0.29, 0.717) is 13.2 Å². The lowest BCUT2D eigenvalue weighted by Gasteiger charge is -2.22. The molecule has 0 aliphatic rings. The Balaban J connectivity index is 3.70. The van der Waals surface area contributed by atoms with E-state index in [-0.39, 0.29) is 11.9 Å². The molecule has 1 amide bonds. The van der Waals surface area contributed by atoms with Crippen molar-refractivity contribution in [3.8, 4) is 0 Å². The van der Waals surface area contributed by atoms with Crippen molar-refractivity contribution in [1.29, 1.82) is 0 Å². The minimum atomic E-state index is -0.638. The number of hydrogen-bond donors (Lipinski definition) is 1. The first-order valence-corrected chi connectivity index (χ1v) is 14.2. The Morgan fingerprint density at radius 1 is 0.606 bits per heavy atom. The van der Waals surface area contributed by atoms with Gasteiger partial charge in [0.25, 0.3) is 0 Å². The number of ether oxygens (including phenoxy) is 2. The van der Waals surface area contributed by atoms with Gasteiger partial charge in [0.2, 0.25) is 0 Å². The molecular formula is C28H55NO4. The number of carbonyl (C=O) groups is 2. The molecule has 0 radical (unpaired) electrons. The van der Waals surface area contributed by atoms with Gasteiger partial charge in [-0.15, -0.1) is 0 Å². The second-order valence-electron chi connectivity index (χ2n) is 9.61. The highest BCUT2D eigenvalue weighted by Gasteiger charge is 2.27. The molecule has 5 heteroatoms. The lowest BCUT2D eigenvalue weighted by Crippen LogP contribution is -2.46. The van der Waals surface area contributed by atoms with E-state index >= 15 is 0 Å². The molecule has 2 atom stereocenters. The first-order chi connectivity index (χ1) is 16.1. The van der Waals surface area contributed by atoms with Gasteiger partial charge in [0, 0.05) is 0 Å². The molecule has 0 aliphatic carbocycles. The highest BCUT2D eigenvalue weighted by atomic mass is 16.6. The Morgan fingerprint density at radius 2 is 1.03 bits per heavy atom. The molecule has 0 spiro atoms. The zero-order chi connectivity index (χ0) is 24.6. The zero-order valence-corrected chi connectivity index (χ0v) is 22.4. The van der Waals surface area contributed by atoms with Crippen molar-refractivity contribution < 1.29 is 19.1 Å². The lowest BCUT2D eigenvalue weighted by atomic mass is 9.99. The van der Waals surface area contributed by atoms with Gasteiger partial charge in [-0.3, -0.25) is 0 Å². The molecule has 0 saturated heterocycles. The van der Waals surface area contributed by atoms with Crippen LogP contribution in [0.15, 0.2) is 0 Å². The van der Waals surface area contributed by atoms with Crippen molar-refractivity contribution in [2.45, 2.75) is 149 Å². The van der Waals surface area contributed by atoms with Crippen LogP contribution in [0.25, 0.3) is 0 Å². The number of alkyl carbamates (subject to hydrolysis) is 1. The number of unbranched alkanes of at least 4 members (excludes halogenated alkanes) is 15. The van der Waals surface area contributed by atoms with Gasteiger partial charge in [-0.1, -0.05) is 130 Å². The van der Waals surface area contributed by atoms with Crippen LogP contribution >= 0.6 is 0 Å². The molecule has 0 aromatic carbocycles. The van der Waals surface area contributed by atoms with Crippen LogP contribution < -0.4 is 5.32 Å². The van der Waals surface area contributed by atoms with Crippen LogP contribution in [0, 0.1) is 5.92 Å². The summed E-state index contributed by atoms with van der Waals surface area (Å²) in [5, 5.41) is 2.70. The lowest BCUT2D eigenvalue weighted by molar-refractivity contribution is -0.147. The van der Waals surface area contributed by atoms with Crippen molar-refractivity contribution in [2.75, 3.05) is 13.2 Å². The molecule has 0 fully saturated rings. The van der Waals surface area contributed by atoms with Crippen LogP contribution in [0.4, 0.5) is 4.79 Å². The SMILES string of the molecule is CCCCCCCCCCCCCCCCCOC(=O)C(NC(=O)OCCCC)C(C)CC. The summed E-state index contributed by atoms with van der Waals surface area (Å²) in [5.74, 6) is -0.334. The third-order valence-corrected chi connectivity index (χ3v) is 6.46. The van der Waals surface area contributed by atoms with Gasteiger partial charge in [-0.25, -0.2) is 9.59 Å². The van der Waals surface area contributed by atoms with Crippen LogP contribution in [0.2, 0.25) is 0 Å². The van der Waals surface area contributed by atoms with Crippen LogP contribution in [-0.2, 0) is 14.3 Å². The third kappa shape index (κ3) is 19.9. The van der Waals surface area contributed by atoms with E-state index in [1.165, 1.54) is 83.5 Å². The molecule has 0 aromatic rings. The van der Waals surface area contributed by atoms with Crippen molar-refractivity contribution in [2.24, 2.45) is 5.92 Å². The van der Waals surface area contributed by atoms with Crippen LogP contribution in [0.1, 0.15) is 143 Å². The molecule has 0 heterocycles. The predicted molar refractivity (Wildman–Crippen MR) is 139 cm³/mol. The van der Waals surface area contributed by atoms with Gasteiger partial charge < -0.3 is 14.8 Å². The summed E-state index contributed by atoms with van der Waals surface area (Å²) in [6.07, 6.45) is 21.7. The minimum absolute atomic E-state index is 0.0114.